The summed E-state index contributed by atoms with van der Waals surface area (Å²) in [5, 5.41) is 2.92. The van der Waals surface area contributed by atoms with Gasteiger partial charge in [-0.3, -0.25) is 9.59 Å². The molecule has 32 heavy (non-hydrogen) atoms. The minimum atomic E-state index is -0.153. The standard InChI is InChI=1S/C25H27N5O2/c1-28(2)21-9-6-18(7-10-21)25(32)27-20-8-11-23(26-13-20)29-14-17-12-19(16-29)22-4-3-5-24(31)30(22)15-17/h3-11,13,17,19H,12,14-16H2,1-2H3,(H,27,32)/t17-,19+/m0/s1. The average molecular weight is 430 g/mol. The Morgan fingerprint density at radius 2 is 1.84 bits per heavy atom. The smallest absolute Gasteiger partial charge is 0.255 e. The zero-order valence-corrected chi connectivity index (χ0v) is 18.4. The molecule has 4 heterocycles. The predicted molar refractivity (Wildman–Crippen MR) is 127 cm³/mol. The van der Waals surface area contributed by atoms with E-state index in [4.69, 9.17) is 0 Å². The summed E-state index contributed by atoms with van der Waals surface area (Å²) in [4.78, 5) is 33.7. The van der Waals surface area contributed by atoms with Crippen molar-refractivity contribution >= 4 is 23.1 Å². The lowest BCUT2D eigenvalue weighted by Gasteiger charge is -2.43. The molecule has 1 N–H and O–H groups in total. The van der Waals surface area contributed by atoms with Crippen LogP contribution in [0.4, 0.5) is 17.2 Å². The van der Waals surface area contributed by atoms with E-state index in [9.17, 15) is 9.59 Å². The Bertz CT molecular complexity index is 1180. The number of benzene rings is 1. The molecule has 0 radical (unpaired) electrons. The second-order valence-electron chi connectivity index (χ2n) is 8.90. The summed E-state index contributed by atoms with van der Waals surface area (Å²) in [6.07, 6.45) is 2.82. The van der Waals surface area contributed by atoms with Gasteiger partial charge in [-0.05, 0) is 54.8 Å². The van der Waals surface area contributed by atoms with Crippen molar-refractivity contribution in [3.05, 3.63) is 82.4 Å². The first-order valence-electron chi connectivity index (χ1n) is 11.0. The molecule has 7 heteroatoms. The number of rotatable bonds is 4. The van der Waals surface area contributed by atoms with Crippen LogP contribution in [0.2, 0.25) is 0 Å². The van der Waals surface area contributed by atoms with E-state index < -0.39 is 0 Å². The number of nitrogens with zero attached hydrogens (tertiary/aromatic N) is 4. The number of carbonyl (C=O) groups excluding carboxylic acids is 1. The SMILES string of the molecule is CN(C)c1ccc(C(=O)Nc2ccc(N3C[C@@H]4C[C@H](C3)c3cccc(=O)n3C4)nc2)cc1. The molecular formula is C25H27N5O2. The molecule has 3 aromatic rings. The minimum absolute atomic E-state index is 0.0974. The van der Waals surface area contributed by atoms with E-state index in [1.807, 2.05) is 66.0 Å². The van der Waals surface area contributed by atoms with Crippen LogP contribution in [-0.2, 0) is 6.54 Å². The van der Waals surface area contributed by atoms with Crippen LogP contribution in [-0.4, -0.2) is 42.6 Å². The normalized spacial score (nSPS) is 19.2. The van der Waals surface area contributed by atoms with E-state index >= 15 is 0 Å². The Labute approximate surface area is 187 Å². The lowest BCUT2D eigenvalue weighted by Crippen LogP contribution is -2.47. The van der Waals surface area contributed by atoms with Crippen molar-refractivity contribution in [1.82, 2.24) is 9.55 Å². The van der Waals surface area contributed by atoms with Gasteiger partial charge in [-0.2, -0.15) is 0 Å². The fourth-order valence-corrected chi connectivity index (χ4v) is 4.84. The van der Waals surface area contributed by atoms with Gasteiger partial charge in [-0.15, -0.1) is 0 Å². The van der Waals surface area contributed by atoms with Crippen LogP contribution in [0.5, 0.6) is 0 Å². The summed E-state index contributed by atoms with van der Waals surface area (Å²) >= 11 is 0. The maximum Gasteiger partial charge on any atom is 0.255 e. The van der Waals surface area contributed by atoms with Crippen molar-refractivity contribution in [2.75, 3.05) is 42.3 Å². The lowest BCUT2D eigenvalue weighted by atomic mass is 9.83. The first-order chi connectivity index (χ1) is 15.5. The Morgan fingerprint density at radius 1 is 1.03 bits per heavy atom. The third-order valence-electron chi connectivity index (χ3n) is 6.46. The summed E-state index contributed by atoms with van der Waals surface area (Å²) in [6, 6.07) is 16.9. The van der Waals surface area contributed by atoms with E-state index in [-0.39, 0.29) is 11.5 Å². The first kappa shape index (κ1) is 20.3. The maximum absolute atomic E-state index is 12.6. The molecule has 2 aliphatic rings. The molecule has 5 rings (SSSR count). The maximum atomic E-state index is 12.6. The molecule has 0 unspecified atom stereocenters. The fourth-order valence-electron chi connectivity index (χ4n) is 4.84. The minimum Gasteiger partial charge on any atom is -0.378 e. The third kappa shape index (κ3) is 3.86. The summed E-state index contributed by atoms with van der Waals surface area (Å²) in [7, 11) is 3.94. The van der Waals surface area contributed by atoms with Crippen LogP contribution in [0, 0.1) is 5.92 Å². The second kappa shape index (κ2) is 8.15. The van der Waals surface area contributed by atoms with Gasteiger partial charge in [0.15, 0.2) is 0 Å². The Hall–Kier alpha value is -3.61. The molecule has 1 fully saturated rings. The van der Waals surface area contributed by atoms with Crippen molar-refractivity contribution in [1.29, 1.82) is 0 Å². The molecule has 2 aromatic heterocycles. The number of pyridine rings is 2. The second-order valence-corrected chi connectivity index (χ2v) is 8.90. The number of hydrogen-bond acceptors (Lipinski definition) is 5. The summed E-state index contributed by atoms with van der Waals surface area (Å²) in [5.74, 6) is 1.52. The zero-order chi connectivity index (χ0) is 22.2. The van der Waals surface area contributed by atoms with Crippen molar-refractivity contribution in [2.24, 2.45) is 5.92 Å². The van der Waals surface area contributed by atoms with Gasteiger partial charge in [0, 0.05) is 62.7 Å². The zero-order valence-electron chi connectivity index (χ0n) is 18.4. The van der Waals surface area contributed by atoms with Crippen LogP contribution in [0.1, 0.15) is 28.4 Å². The fraction of sp³-hybridized carbons (Fsp3) is 0.320. The van der Waals surface area contributed by atoms with Crippen molar-refractivity contribution in [3.63, 3.8) is 0 Å². The largest absolute Gasteiger partial charge is 0.378 e. The first-order valence-corrected chi connectivity index (χ1v) is 11.0. The predicted octanol–water partition coefficient (Wildman–Crippen LogP) is 3.19. The average Bonchev–Trinajstić information content (AvgIpc) is 2.80. The van der Waals surface area contributed by atoms with E-state index in [0.717, 1.165) is 43.3 Å². The van der Waals surface area contributed by atoms with Gasteiger partial charge in [0.2, 0.25) is 0 Å². The number of anilines is 3. The third-order valence-corrected chi connectivity index (χ3v) is 6.46. The molecule has 164 valence electrons. The Kier molecular flexibility index (Phi) is 5.17. The van der Waals surface area contributed by atoms with Crippen molar-refractivity contribution < 1.29 is 4.79 Å². The number of aromatic nitrogens is 2. The Morgan fingerprint density at radius 3 is 2.56 bits per heavy atom. The summed E-state index contributed by atoms with van der Waals surface area (Å²) < 4.78 is 1.94. The molecule has 1 saturated heterocycles. The highest BCUT2D eigenvalue weighted by molar-refractivity contribution is 6.04. The summed E-state index contributed by atoms with van der Waals surface area (Å²) in [5.41, 5.74) is 3.55. The molecule has 2 aliphatic heterocycles. The molecule has 0 aliphatic carbocycles. The van der Waals surface area contributed by atoms with Crippen LogP contribution in [0.25, 0.3) is 0 Å². The molecule has 0 spiro atoms. The highest BCUT2D eigenvalue weighted by Crippen LogP contribution is 2.36. The number of hydrogen-bond donors (Lipinski definition) is 1. The monoisotopic (exact) mass is 429 g/mol. The van der Waals surface area contributed by atoms with Gasteiger partial charge in [-0.25, -0.2) is 4.98 Å². The van der Waals surface area contributed by atoms with Gasteiger partial charge >= 0.3 is 0 Å². The molecule has 2 atom stereocenters. The van der Waals surface area contributed by atoms with Crippen LogP contribution in [0.3, 0.4) is 0 Å². The topological polar surface area (TPSA) is 70.5 Å². The number of carbonyl (C=O) groups is 1. The van der Waals surface area contributed by atoms with E-state index in [1.165, 1.54) is 0 Å². The van der Waals surface area contributed by atoms with Crippen molar-refractivity contribution in [2.45, 2.75) is 18.9 Å². The van der Waals surface area contributed by atoms with Crippen molar-refractivity contribution in [3.8, 4) is 0 Å². The molecular weight excluding hydrogens is 402 g/mol. The molecule has 0 saturated carbocycles. The number of piperidine rings is 1. The van der Waals surface area contributed by atoms with Gasteiger partial charge < -0.3 is 19.7 Å². The van der Waals surface area contributed by atoms with Crippen LogP contribution >= 0.6 is 0 Å². The number of fused-ring (bicyclic) bond motifs is 4. The highest BCUT2D eigenvalue weighted by atomic mass is 16.1. The van der Waals surface area contributed by atoms with Crippen LogP contribution in [0.15, 0.2) is 65.6 Å². The number of amides is 1. The lowest BCUT2D eigenvalue weighted by molar-refractivity contribution is 0.102. The molecule has 2 bridgehead atoms. The van der Waals surface area contributed by atoms with E-state index in [1.54, 1.807) is 12.3 Å². The highest BCUT2D eigenvalue weighted by Gasteiger charge is 2.34. The van der Waals surface area contributed by atoms with Gasteiger partial charge in [-0.1, -0.05) is 6.07 Å². The number of nitrogens with one attached hydrogen (secondary N) is 1. The molecule has 1 amide bonds. The quantitative estimate of drug-likeness (QED) is 0.690. The molecule has 7 nitrogen and oxygen atoms in total. The van der Waals surface area contributed by atoms with E-state index in [2.05, 4.69) is 21.3 Å². The van der Waals surface area contributed by atoms with Crippen LogP contribution < -0.4 is 20.7 Å². The molecule has 1 aromatic carbocycles. The Balaban J connectivity index is 1.27. The van der Waals surface area contributed by atoms with Gasteiger partial charge in [0.05, 0.1) is 11.9 Å². The van der Waals surface area contributed by atoms with E-state index in [0.29, 0.717) is 23.1 Å². The van der Waals surface area contributed by atoms with Gasteiger partial charge in [0.25, 0.3) is 11.5 Å². The summed E-state index contributed by atoms with van der Waals surface area (Å²) in [6.45, 7) is 2.49. The van der Waals surface area contributed by atoms with Gasteiger partial charge in [0.1, 0.15) is 5.82 Å².